The van der Waals surface area contributed by atoms with E-state index in [-0.39, 0.29) is 11.5 Å². The minimum atomic E-state index is -0.454. The summed E-state index contributed by atoms with van der Waals surface area (Å²) in [5.41, 5.74) is 0.591. The van der Waals surface area contributed by atoms with Gasteiger partial charge in [-0.05, 0) is 30.5 Å². The molecule has 90 valence electrons. The quantitative estimate of drug-likeness (QED) is 0.657. The molecule has 0 aliphatic heterocycles. The Hall–Kier alpha value is -0.630. The van der Waals surface area contributed by atoms with Crippen LogP contribution in [0.25, 0.3) is 0 Å². The van der Waals surface area contributed by atoms with E-state index in [4.69, 9.17) is 11.6 Å². The van der Waals surface area contributed by atoms with E-state index in [9.17, 15) is 8.78 Å². The predicted octanol–water partition coefficient (Wildman–Crippen LogP) is 4.99. The molecule has 16 heavy (non-hydrogen) atoms. The normalized spacial score (nSPS) is 13.2. The van der Waals surface area contributed by atoms with E-state index in [1.807, 2.05) is 13.8 Å². The first-order valence-corrected chi connectivity index (χ1v) is 6.04. The van der Waals surface area contributed by atoms with Gasteiger partial charge in [0.15, 0.2) is 0 Å². The molecular formula is C13H17ClF2. The third-order valence-corrected chi connectivity index (χ3v) is 3.63. The van der Waals surface area contributed by atoms with Gasteiger partial charge in [0.05, 0.1) is 5.38 Å². The molecule has 0 radical (unpaired) electrons. The SMILES string of the molecule is CCC(CC)C(Cl)c1cc(F)c(C)cc1F. The first-order chi connectivity index (χ1) is 7.51. The summed E-state index contributed by atoms with van der Waals surface area (Å²) in [7, 11) is 0. The second-order valence-corrected chi connectivity index (χ2v) is 4.57. The molecule has 0 fully saturated rings. The molecule has 0 N–H and O–H groups in total. The molecule has 1 atom stereocenters. The van der Waals surface area contributed by atoms with Crippen molar-refractivity contribution in [3.05, 3.63) is 34.9 Å². The largest absolute Gasteiger partial charge is 0.207 e. The van der Waals surface area contributed by atoms with Crippen LogP contribution in [-0.4, -0.2) is 0 Å². The molecule has 0 spiro atoms. The van der Waals surface area contributed by atoms with Gasteiger partial charge in [0.25, 0.3) is 0 Å². The third kappa shape index (κ3) is 2.73. The highest BCUT2D eigenvalue weighted by atomic mass is 35.5. The summed E-state index contributed by atoms with van der Waals surface area (Å²) in [6.45, 7) is 5.56. The van der Waals surface area contributed by atoms with Gasteiger partial charge in [0, 0.05) is 5.56 Å². The Morgan fingerprint density at radius 3 is 2.19 bits per heavy atom. The van der Waals surface area contributed by atoms with Crippen LogP contribution < -0.4 is 0 Å². The van der Waals surface area contributed by atoms with E-state index in [1.165, 1.54) is 12.1 Å². The molecule has 1 aromatic carbocycles. The van der Waals surface area contributed by atoms with Gasteiger partial charge in [-0.2, -0.15) is 0 Å². The lowest BCUT2D eigenvalue weighted by Crippen LogP contribution is -2.08. The number of halogens is 3. The van der Waals surface area contributed by atoms with Gasteiger partial charge in [-0.25, -0.2) is 8.78 Å². The van der Waals surface area contributed by atoms with Crippen molar-refractivity contribution in [2.24, 2.45) is 5.92 Å². The topological polar surface area (TPSA) is 0 Å². The van der Waals surface area contributed by atoms with Crippen molar-refractivity contribution >= 4 is 11.6 Å². The Kier molecular flexibility index (Phi) is 4.72. The molecule has 0 heterocycles. The molecule has 0 aliphatic carbocycles. The van der Waals surface area contributed by atoms with Gasteiger partial charge in [0.1, 0.15) is 11.6 Å². The lowest BCUT2D eigenvalue weighted by atomic mass is 9.93. The maximum Gasteiger partial charge on any atom is 0.128 e. The number of hydrogen-bond acceptors (Lipinski definition) is 0. The summed E-state index contributed by atoms with van der Waals surface area (Å²) in [6, 6.07) is 2.43. The van der Waals surface area contributed by atoms with Crippen LogP contribution in [0.5, 0.6) is 0 Å². The van der Waals surface area contributed by atoms with E-state index in [2.05, 4.69) is 0 Å². The van der Waals surface area contributed by atoms with Crippen molar-refractivity contribution in [2.45, 2.75) is 39.0 Å². The van der Waals surface area contributed by atoms with Gasteiger partial charge in [-0.3, -0.25) is 0 Å². The van der Waals surface area contributed by atoms with Crippen molar-refractivity contribution in [1.82, 2.24) is 0 Å². The molecule has 1 aromatic rings. The average Bonchev–Trinajstić information content (AvgIpc) is 2.25. The first kappa shape index (κ1) is 13.4. The highest BCUT2D eigenvalue weighted by Gasteiger charge is 2.22. The zero-order valence-electron chi connectivity index (χ0n) is 9.86. The van der Waals surface area contributed by atoms with Crippen molar-refractivity contribution in [3.63, 3.8) is 0 Å². The smallest absolute Gasteiger partial charge is 0.128 e. The summed E-state index contributed by atoms with van der Waals surface area (Å²) in [6.07, 6.45) is 1.72. The molecule has 3 heteroatoms. The molecule has 0 aliphatic rings. The van der Waals surface area contributed by atoms with E-state index in [0.717, 1.165) is 12.8 Å². The fourth-order valence-electron chi connectivity index (χ4n) is 1.83. The van der Waals surface area contributed by atoms with E-state index in [0.29, 0.717) is 5.56 Å². The summed E-state index contributed by atoms with van der Waals surface area (Å²) in [4.78, 5) is 0. The van der Waals surface area contributed by atoms with Crippen LogP contribution in [0.1, 0.15) is 43.2 Å². The van der Waals surface area contributed by atoms with Crippen LogP contribution in [0.15, 0.2) is 12.1 Å². The van der Waals surface area contributed by atoms with Gasteiger partial charge < -0.3 is 0 Å². The summed E-state index contributed by atoms with van der Waals surface area (Å²) in [5.74, 6) is -0.628. The monoisotopic (exact) mass is 246 g/mol. The van der Waals surface area contributed by atoms with Crippen LogP contribution in [0.2, 0.25) is 0 Å². The summed E-state index contributed by atoms with van der Waals surface area (Å²) >= 11 is 6.20. The number of aryl methyl sites for hydroxylation is 1. The predicted molar refractivity (Wildman–Crippen MR) is 63.8 cm³/mol. The zero-order valence-corrected chi connectivity index (χ0v) is 10.6. The van der Waals surface area contributed by atoms with E-state index >= 15 is 0 Å². The molecule has 1 rings (SSSR count). The number of benzene rings is 1. The highest BCUT2D eigenvalue weighted by molar-refractivity contribution is 6.21. The lowest BCUT2D eigenvalue weighted by Gasteiger charge is -2.20. The molecular weight excluding hydrogens is 230 g/mol. The highest BCUT2D eigenvalue weighted by Crippen LogP contribution is 2.35. The van der Waals surface area contributed by atoms with Gasteiger partial charge >= 0.3 is 0 Å². The Morgan fingerprint density at radius 2 is 1.69 bits per heavy atom. The van der Waals surface area contributed by atoms with Crippen LogP contribution in [0.4, 0.5) is 8.78 Å². The molecule has 0 aromatic heterocycles. The minimum Gasteiger partial charge on any atom is -0.207 e. The molecule has 0 bridgehead atoms. The number of rotatable bonds is 4. The van der Waals surface area contributed by atoms with Crippen molar-refractivity contribution in [2.75, 3.05) is 0 Å². The van der Waals surface area contributed by atoms with E-state index in [1.54, 1.807) is 6.92 Å². The molecule has 1 unspecified atom stereocenters. The van der Waals surface area contributed by atoms with Crippen molar-refractivity contribution in [3.8, 4) is 0 Å². The average molecular weight is 247 g/mol. The molecule has 0 nitrogen and oxygen atoms in total. The van der Waals surface area contributed by atoms with Crippen molar-refractivity contribution in [1.29, 1.82) is 0 Å². The third-order valence-electron chi connectivity index (χ3n) is 3.04. The van der Waals surface area contributed by atoms with E-state index < -0.39 is 17.0 Å². The zero-order chi connectivity index (χ0) is 12.3. The second-order valence-electron chi connectivity index (χ2n) is 4.10. The Balaban J connectivity index is 3.07. The van der Waals surface area contributed by atoms with Crippen LogP contribution >= 0.6 is 11.6 Å². The Morgan fingerprint density at radius 1 is 1.12 bits per heavy atom. The summed E-state index contributed by atoms with van der Waals surface area (Å²) < 4.78 is 27.0. The Bertz CT molecular complexity index is 359. The van der Waals surface area contributed by atoms with Gasteiger partial charge in [-0.1, -0.05) is 26.7 Å². The summed E-state index contributed by atoms with van der Waals surface area (Å²) in [5, 5.41) is -0.454. The number of alkyl halides is 1. The maximum absolute atomic E-state index is 13.7. The standard InChI is InChI=1S/C13H17ClF2/c1-4-9(5-2)13(14)10-7-11(15)8(3)6-12(10)16/h6-7,9,13H,4-5H2,1-3H3. The first-order valence-electron chi connectivity index (χ1n) is 5.60. The van der Waals surface area contributed by atoms with Gasteiger partial charge in [0.2, 0.25) is 0 Å². The molecule has 0 saturated carbocycles. The maximum atomic E-state index is 13.7. The fourth-order valence-corrected chi connectivity index (χ4v) is 2.35. The van der Waals surface area contributed by atoms with Crippen LogP contribution in [0.3, 0.4) is 0 Å². The minimum absolute atomic E-state index is 0.179. The molecule has 0 amide bonds. The second kappa shape index (κ2) is 5.62. The van der Waals surface area contributed by atoms with Crippen LogP contribution in [0, 0.1) is 24.5 Å². The number of hydrogen-bond donors (Lipinski definition) is 0. The van der Waals surface area contributed by atoms with Crippen molar-refractivity contribution < 1.29 is 8.78 Å². The fraction of sp³-hybridized carbons (Fsp3) is 0.538. The molecule has 0 saturated heterocycles. The van der Waals surface area contributed by atoms with Crippen LogP contribution in [-0.2, 0) is 0 Å². The lowest BCUT2D eigenvalue weighted by molar-refractivity contribution is 0.459. The Labute approximate surface area is 101 Å². The van der Waals surface area contributed by atoms with Gasteiger partial charge in [-0.15, -0.1) is 11.6 Å².